The van der Waals surface area contributed by atoms with Gasteiger partial charge in [-0.2, -0.15) is 0 Å². The second kappa shape index (κ2) is 10.6. The zero-order valence-corrected chi connectivity index (χ0v) is 17.2. The molecule has 0 aliphatic heterocycles. The van der Waals surface area contributed by atoms with Crippen LogP contribution in [0.3, 0.4) is 0 Å². The quantitative estimate of drug-likeness (QED) is 0.378. The summed E-state index contributed by atoms with van der Waals surface area (Å²) in [5.74, 6) is 5.08. The Hall–Kier alpha value is -1.63. The van der Waals surface area contributed by atoms with Crippen LogP contribution in [0.1, 0.15) is 51.9 Å². The van der Waals surface area contributed by atoms with Crippen molar-refractivity contribution < 1.29 is 0 Å². The van der Waals surface area contributed by atoms with E-state index in [1.165, 1.54) is 44.9 Å². The second-order valence-corrected chi connectivity index (χ2v) is 8.62. The first-order valence-electron chi connectivity index (χ1n) is 11.0. The van der Waals surface area contributed by atoms with Gasteiger partial charge in [0.1, 0.15) is 0 Å². The maximum absolute atomic E-state index is 4.11. The first kappa shape index (κ1) is 20.1. The lowest BCUT2D eigenvalue weighted by molar-refractivity contribution is 0.215. The van der Waals surface area contributed by atoms with Crippen LogP contribution in [0.4, 0.5) is 0 Å². The number of rotatable bonds is 4. The summed E-state index contributed by atoms with van der Waals surface area (Å²) in [6.07, 6.45) is 34.3. The molecule has 2 bridgehead atoms. The van der Waals surface area contributed by atoms with Crippen molar-refractivity contribution >= 4 is 6.21 Å². The van der Waals surface area contributed by atoms with Crippen molar-refractivity contribution in [2.75, 3.05) is 7.05 Å². The third kappa shape index (κ3) is 5.43. The maximum Gasteiger partial charge on any atom is 0.0277 e. The Kier molecular flexibility index (Phi) is 7.93. The molecule has 3 rings (SSSR count). The summed E-state index contributed by atoms with van der Waals surface area (Å²) in [5.41, 5.74) is 0. The summed E-state index contributed by atoms with van der Waals surface area (Å²) in [4.78, 5) is 4.11. The van der Waals surface area contributed by atoms with Gasteiger partial charge in [0.25, 0.3) is 0 Å². The maximum atomic E-state index is 4.11. The molecule has 6 atom stereocenters. The fourth-order valence-electron chi connectivity index (χ4n) is 5.94. The number of allylic oxidation sites excluding steroid dienone is 10. The third-order valence-corrected chi connectivity index (χ3v) is 7.03. The Morgan fingerprint density at radius 1 is 0.926 bits per heavy atom. The Bertz CT molecular complexity index is 618. The highest BCUT2D eigenvalue weighted by Crippen LogP contribution is 2.56. The molecular weight excluding hydrogens is 326 g/mol. The molecule has 0 spiro atoms. The van der Waals surface area contributed by atoms with Gasteiger partial charge in [0.15, 0.2) is 0 Å². The topological polar surface area (TPSA) is 12.4 Å². The van der Waals surface area contributed by atoms with E-state index in [9.17, 15) is 0 Å². The molecule has 1 nitrogen and oxygen atoms in total. The molecule has 0 aromatic heterocycles. The highest BCUT2D eigenvalue weighted by Gasteiger charge is 2.47. The van der Waals surface area contributed by atoms with E-state index in [2.05, 4.69) is 72.7 Å². The van der Waals surface area contributed by atoms with Gasteiger partial charge in [-0.25, -0.2) is 0 Å². The van der Waals surface area contributed by atoms with Crippen LogP contribution in [0.5, 0.6) is 0 Å². The van der Waals surface area contributed by atoms with Crippen LogP contribution in [0.25, 0.3) is 0 Å². The molecule has 2 saturated carbocycles. The predicted octanol–water partition coefficient (Wildman–Crippen LogP) is 6.96. The lowest BCUT2D eigenvalue weighted by Crippen LogP contribution is -2.23. The standard InChI is InChI=1S/C26H37N/c1-3-13-21(14-12-17-27-2)22-18-23-20-24(19-22)26-16-11-9-7-5-4-6-8-10-15-25(23)26/h3-8,10,12-14,17,21-26H,9,11,15-16,18-20H2,1-2H3/b6-4-,7-5-,10-8+,13-3-,14-12-,27-17?. The minimum Gasteiger partial charge on any atom is -0.297 e. The van der Waals surface area contributed by atoms with Gasteiger partial charge < -0.3 is 0 Å². The Labute approximate surface area is 166 Å². The molecule has 0 radical (unpaired) electrons. The summed E-state index contributed by atoms with van der Waals surface area (Å²) in [6, 6.07) is 0. The van der Waals surface area contributed by atoms with Gasteiger partial charge in [0.05, 0.1) is 0 Å². The van der Waals surface area contributed by atoms with Gasteiger partial charge in [-0.05, 0) is 93.5 Å². The molecule has 1 heteroatoms. The van der Waals surface area contributed by atoms with Crippen LogP contribution < -0.4 is 0 Å². The normalized spacial score (nSPS) is 39.1. The number of hydrogen-bond acceptors (Lipinski definition) is 1. The van der Waals surface area contributed by atoms with Crippen molar-refractivity contribution in [2.45, 2.75) is 51.9 Å². The van der Waals surface area contributed by atoms with Crippen LogP contribution in [-0.2, 0) is 0 Å². The molecule has 27 heavy (non-hydrogen) atoms. The minimum absolute atomic E-state index is 0.571. The fraction of sp³-hybridized carbons (Fsp3) is 0.577. The average Bonchev–Trinajstić information content (AvgIpc) is 2.90. The molecule has 0 heterocycles. The zero-order valence-electron chi connectivity index (χ0n) is 17.2. The SMILES string of the molecule is C/C=C\C(/C=C\C=NC)C1CC2CC(C1)C1CCC\C=C/C=C\C=C\CC21. The van der Waals surface area contributed by atoms with Gasteiger partial charge in [-0.3, -0.25) is 4.99 Å². The Morgan fingerprint density at radius 2 is 1.70 bits per heavy atom. The number of hydrogen-bond donors (Lipinski definition) is 0. The Balaban J connectivity index is 1.74. The first-order valence-corrected chi connectivity index (χ1v) is 11.0. The van der Waals surface area contributed by atoms with Gasteiger partial charge in [-0.15, -0.1) is 0 Å². The first-order chi connectivity index (χ1) is 13.3. The van der Waals surface area contributed by atoms with Crippen molar-refractivity contribution in [2.24, 2.45) is 40.5 Å². The average molecular weight is 364 g/mol. The summed E-state index contributed by atoms with van der Waals surface area (Å²) in [7, 11) is 1.85. The van der Waals surface area contributed by atoms with Gasteiger partial charge in [-0.1, -0.05) is 54.7 Å². The molecule has 3 aliphatic carbocycles. The van der Waals surface area contributed by atoms with Gasteiger partial charge in [0.2, 0.25) is 0 Å². The van der Waals surface area contributed by atoms with Crippen molar-refractivity contribution in [3.05, 3.63) is 60.8 Å². The molecule has 6 unspecified atom stereocenters. The van der Waals surface area contributed by atoms with E-state index >= 15 is 0 Å². The number of fused-ring (bicyclic) bond motifs is 5. The number of nitrogens with zero attached hydrogens (tertiary/aromatic N) is 1. The molecular formula is C26H37N. The molecule has 146 valence electrons. The highest BCUT2D eigenvalue weighted by atomic mass is 14.6. The van der Waals surface area contributed by atoms with Gasteiger partial charge >= 0.3 is 0 Å². The Morgan fingerprint density at radius 3 is 2.48 bits per heavy atom. The molecule has 2 fully saturated rings. The predicted molar refractivity (Wildman–Crippen MR) is 119 cm³/mol. The van der Waals surface area contributed by atoms with E-state index in [4.69, 9.17) is 0 Å². The molecule has 0 amide bonds. The summed E-state index contributed by atoms with van der Waals surface area (Å²) < 4.78 is 0. The third-order valence-electron chi connectivity index (χ3n) is 7.03. The molecule has 3 aliphatic rings. The van der Waals surface area contributed by atoms with E-state index < -0.39 is 0 Å². The van der Waals surface area contributed by atoms with Crippen molar-refractivity contribution in [3.8, 4) is 0 Å². The fourth-order valence-corrected chi connectivity index (χ4v) is 5.94. The molecule has 0 aromatic carbocycles. The highest BCUT2D eigenvalue weighted by molar-refractivity contribution is 5.70. The summed E-state index contributed by atoms with van der Waals surface area (Å²) in [6.45, 7) is 2.16. The van der Waals surface area contributed by atoms with Gasteiger partial charge in [0, 0.05) is 13.3 Å². The van der Waals surface area contributed by atoms with Crippen molar-refractivity contribution in [1.29, 1.82) is 0 Å². The van der Waals surface area contributed by atoms with Crippen LogP contribution in [0.2, 0.25) is 0 Å². The van der Waals surface area contributed by atoms with Crippen LogP contribution >= 0.6 is 0 Å². The van der Waals surface area contributed by atoms with Crippen molar-refractivity contribution in [1.82, 2.24) is 0 Å². The monoisotopic (exact) mass is 363 g/mol. The molecule has 0 aromatic rings. The largest absolute Gasteiger partial charge is 0.297 e. The van der Waals surface area contributed by atoms with E-state index in [-0.39, 0.29) is 0 Å². The van der Waals surface area contributed by atoms with E-state index in [1.807, 2.05) is 13.3 Å². The molecule has 0 N–H and O–H groups in total. The second-order valence-electron chi connectivity index (χ2n) is 8.62. The van der Waals surface area contributed by atoms with Crippen LogP contribution in [0.15, 0.2) is 65.8 Å². The smallest absolute Gasteiger partial charge is 0.0277 e. The minimum atomic E-state index is 0.571. The van der Waals surface area contributed by atoms with Crippen molar-refractivity contribution in [3.63, 3.8) is 0 Å². The van der Waals surface area contributed by atoms with Crippen LogP contribution in [0, 0.1) is 35.5 Å². The summed E-state index contributed by atoms with van der Waals surface area (Å²) >= 11 is 0. The lowest BCUT2D eigenvalue weighted by atomic mass is 9.73. The lowest BCUT2D eigenvalue weighted by Gasteiger charge is -2.32. The zero-order chi connectivity index (χ0) is 18.9. The summed E-state index contributed by atoms with van der Waals surface area (Å²) in [5, 5.41) is 0. The van der Waals surface area contributed by atoms with E-state index in [1.54, 1.807) is 0 Å². The molecule has 0 saturated heterocycles. The van der Waals surface area contributed by atoms with E-state index in [0.29, 0.717) is 5.92 Å². The number of aliphatic imine (C=N–C) groups is 1. The van der Waals surface area contributed by atoms with E-state index in [0.717, 1.165) is 29.6 Å². The van der Waals surface area contributed by atoms with Crippen LogP contribution in [-0.4, -0.2) is 13.3 Å².